The zero-order valence-corrected chi connectivity index (χ0v) is 19.8. The third-order valence-corrected chi connectivity index (χ3v) is 6.41. The topological polar surface area (TPSA) is 79.1 Å². The summed E-state index contributed by atoms with van der Waals surface area (Å²) in [6.07, 6.45) is 5.91. The molecule has 0 aliphatic carbocycles. The molecule has 1 aliphatic heterocycles. The predicted molar refractivity (Wildman–Crippen MR) is 133 cm³/mol. The summed E-state index contributed by atoms with van der Waals surface area (Å²) < 4.78 is 15.7. The van der Waals surface area contributed by atoms with E-state index >= 15 is 0 Å². The Morgan fingerprint density at radius 1 is 1.09 bits per heavy atom. The number of aliphatic hydroxyl groups excluding tert-OH is 1. The van der Waals surface area contributed by atoms with E-state index in [0.717, 1.165) is 52.7 Å². The highest BCUT2D eigenvalue weighted by molar-refractivity contribution is 5.56. The van der Waals surface area contributed by atoms with Crippen LogP contribution in [0.1, 0.15) is 28.3 Å². The quantitative estimate of drug-likeness (QED) is 0.404. The Morgan fingerprint density at radius 3 is 2.69 bits per heavy atom. The van der Waals surface area contributed by atoms with Gasteiger partial charge in [0.2, 0.25) is 5.95 Å². The van der Waals surface area contributed by atoms with Crippen molar-refractivity contribution in [2.45, 2.75) is 32.7 Å². The van der Waals surface area contributed by atoms with E-state index in [9.17, 15) is 9.50 Å². The first-order valence-corrected chi connectivity index (χ1v) is 11.9. The monoisotopic (exact) mass is 472 g/mol. The summed E-state index contributed by atoms with van der Waals surface area (Å²) in [6.45, 7) is 4.30. The number of nitrogens with one attached hydrogen (secondary N) is 1. The normalized spacial score (nSPS) is 13.6. The minimum atomic E-state index is -0.224. The van der Waals surface area contributed by atoms with Crippen LogP contribution in [-0.2, 0) is 25.8 Å². The molecule has 0 bridgehead atoms. The van der Waals surface area contributed by atoms with Gasteiger partial charge in [-0.15, -0.1) is 0 Å². The van der Waals surface area contributed by atoms with Crippen molar-refractivity contribution in [1.29, 1.82) is 0 Å². The molecular formula is C27H29FN6O. The average molecular weight is 473 g/mol. The van der Waals surface area contributed by atoms with E-state index in [1.54, 1.807) is 18.3 Å². The van der Waals surface area contributed by atoms with Gasteiger partial charge in [-0.05, 0) is 61.7 Å². The Labute approximate surface area is 204 Å². The summed E-state index contributed by atoms with van der Waals surface area (Å²) in [7, 11) is 0. The minimum absolute atomic E-state index is 0.128. The average Bonchev–Trinajstić information content (AvgIpc) is 3.29. The van der Waals surface area contributed by atoms with Crippen LogP contribution in [-0.4, -0.2) is 49.2 Å². The van der Waals surface area contributed by atoms with E-state index in [1.807, 2.05) is 48.0 Å². The molecule has 7 nitrogen and oxygen atoms in total. The third kappa shape index (κ3) is 5.39. The fraction of sp³-hybridized carbons (Fsp3) is 0.296. The van der Waals surface area contributed by atoms with Crippen LogP contribution in [0.5, 0.6) is 0 Å². The molecule has 0 atom stereocenters. The van der Waals surface area contributed by atoms with Gasteiger partial charge in [-0.2, -0.15) is 0 Å². The van der Waals surface area contributed by atoms with E-state index in [0.29, 0.717) is 31.9 Å². The summed E-state index contributed by atoms with van der Waals surface area (Å²) in [4.78, 5) is 16.2. The number of anilines is 2. The van der Waals surface area contributed by atoms with Crippen LogP contribution < -0.4 is 5.32 Å². The van der Waals surface area contributed by atoms with Gasteiger partial charge >= 0.3 is 0 Å². The van der Waals surface area contributed by atoms with E-state index in [1.165, 1.54) is 6.07 Å². The third-order valence-electron chi connectivity index (χ3n) is 6.41. The molecule has 2 aromatic carbocycles. The fourth-order valence-electron chi connectivity index (χ4n) is 4.57. The van der Waals surface area contributed by atoms with E-state index < -0.39 is 0 Å². The van der Waals surface area contributed by atoms with Crippen LogP contribution in [0.15, 0.2) is 60.9 Å². The van der Waals surface area contributed by atoms with Gasteiger partial charge in [-0.3, -0.25) is 4.90 Å². The number of β-amino-alcohol motifs (C(OH)–C–C–N with tert-alkyl or cyclic N) is 1. The fourth-order valence-corrected chi connectivity index (χ4v) is 4.57. The van der Waals surface area contributed by atoms with E-state index in [-0.39, 0.29) is 12.4 Å². The summed E-state index contributed by atoms with van der Waals surface area (Å²) in [5.41, 5.74) is 6.02. The van der Waals surface area contributed by atoms with E-state index in [4.69, 9.17) is 9.97 Å². The van der Waals surface area contributed by atoms with Gasteiger partial charge in [0.15, 0.2) is 0 Å². The number of rotatable bonds is 8. The first-order chi connectivity index (χ1) is 17.1. The van der Waals surface area contributed by atoms with Crippen LogP contribution in [0.25, 0.3) is 5.69 Å². The van der Waals surface area contributed by atoms with Crippen LogP contribution in [0.2, 0.25) is 0 Å². The number of nitrogens with zero attached hydrogens (tertiary/aromatic N) is 5. The lowest BCUT2D eigenvalue weighted by molar-refractivity contribution is 0.183. The first kappa shape index (κ1) is 23.1. The van der Waals surface area contributed by atoms with Gasteiger partial charge in [0.25, 0.3) is 0 Å². The van der Waals surface area contributed by atoms with Gasteiger partial charge in [-0.25, -0.2) is 19.3 Å². The molecule has 0 unspecified atom stereocenters. The molecule has 180 valence electrons. The molecule has 1 aliphatic rings. The van der Waals surface area contributed by atoms with Crippen molar-refractivity contribution in [2.75, 3.05) is 25.0 Å². The van der Waals surface area contributed by atoms with Crippen molar-refractivity contribution in [3.8, 4) is 5.69 Å². The number of aliphatic hydroxyl groups is 1. The maximum Gasteiger partial charge on any atom is 0.227 e. The highest BCUT2D eigenvalue weighted by Gasteiger charge is 2.22. The number of aryl methyl sites for hydroxylation is 3. The van der Waals surface area contributed by atoms with Gasteiger partial charge in [0.05, 0.1) is 18.0 Å². The van der Waals surface area contributed by atoms with Crippen LogP contribution in [0.4, 0.5) is 16.0 Å². The SMILES string of the molecule is Cc1nccn1-c1ccc(Nc2nc(CCc3cccc(F)c3)c3c(n2)CCN(CCO)C3)cc1. The predicted octanol–water partition coefficient (Wildman–Crippen LogP) is 3.99. The number of hydrogen-bond donors (Lipinski definition) is 2. The Hall–Kier alpha value is -3.62. The summed E-state index contributed by atoms with van der Waals surface area (Å²) in [5, 5.41) is 12.8. The molecule has 4 aromatic rings. The molecule has 0 saturated carbocycles. The number of benzene rings is 2. The molecule has 3 heterocycles. The molecule has 0 radical (unpaired) electrons. The van der Waals surface area contributed by atoms with Crippen molar-refractivity contribution in [3.63, 3.8) is 0 Å². The van der Waals surface area contributed by atoms with Crippen molar-refractivity contribution >= 4 is 11.6 Å². The van der Waals surface area contributed by atoms with Gasteiger partial charge < -0.3 is 15.0 Å². The first-order valence-electron chi connectivity index (χ1n) is 11.9. The Kier molecular flexibility index (Phi) is 6.83. The van der Waals surface area contributed by atoms with Crippen molar-refractivity contribution in [3.05, 3.63) is 95.1 Å². The Bertz CT molecular complexity index is 1300. The summed E-state index contributed by atoms with van der Waals surface area (Å²) >= 11 is 0. The molecule has 5 rings (SSSR count). The molecule has 0 saturated heterocycles. The number of hydrogen-bond acceptors (Lipinski definition) is 6. The van der Waals surface area contributed by atoms with Crippen molar-refractivity contribution in [2.24, 2.45) is 0 Å². The molecule has 0 spiro atoms. The second kappa shape index (κ2) is 10.3. The number of imidazole rings is 1. The smallest absolute Gasteiger partial charge is 0.227 e. The van der Waals surface area contributed by atoms with E-state index in [2.05, 4.69) is 15.2 Å². The standard InChI is InChI=1S/C27H29FN6O/c1-19-29-12-14-34(19)23-8-6-22(7-9-23)30-27-31-25(10-5-20-3-2-4-21(28)17-20)24-18-33(15-16-35)13-11-26(24)32-27/h2-4,6-9,12,14,17,35H,5,10-11,13,15-16,18H2,1H3,(H,30,31,32). The molecule has 8 heteroatoms. The second-order valence-electron chi connectivity index (χ2n) is 8.82. The van der Waals surface area contributed by atoms with Crippen molar-refractivity contribution < 1.29 is 9.50 Å². The minimum Gasteiger partial charge on any atom is -0.395 e. The van der Waals surface area contributed by atoms with Crippen LogP contribution in [0.3, 0.4) is 0 Å². The number of aromatic nitrogens is 4. The number of fused-ring (bicyclic) bond motifs is 1. The molecule has 2 aromatic heterocycles. The second-order valence-corrected chi connectivity index (χ2v) is 8.82. The van der Waals surface area contributed by atoms with Gasteiger partial charge in [0.1, 0.15) is 11.6 Å². The maximum absolute atomic E-state index is 13.7. The lowest BCUT2D eigenvalue weighted by Gasteiger charge is -2.29. The van der Waals surface area contributed by atoms with Gasteiger partial charge in [-0.1, -0.05) is 12.1 Å². The number of halogens is 1. The lowest BCUT2D eigenvalue weighted by atomic mass is 9.99. The molecule has 35 heavy (non-hydrogen) atoms. The summed E-state index contributed by atoms with van der Waals surface area (Å²) in [5.74, 6) is 1.28. The van der Waals surface area contributed by atoms with Gasteiger partial charge in [0, 0.05) is 55.4 Å². The Balaban J connectivity index is 1.39. The Morgan fingerprint density at radius 2 is 1.94 bits per heavy atom. The lowest BCUT2D eigenvalue weighted by Crippen LogP contribution is -2.34. The highest BCUT2D eigenvalue weighted by Crippen LogP contribution is 2.25. The maximum atomic E-state index is 13.7. The zero-order valence-electron chi connectivity index (χ0n) is 19.8. The summed E-state index contributed by atoms with van der Waals surface area (Å²) in [6, 6.07) is 14.8. The van der Waals surface area contributed by atoms with Crippen LogP contribution in [0, 0.1) is 12.7 Å². The molecular weight excluding hydrogens is 443 g/mol. The van der Waals surface area contributed by atoms with Crippen molar-refractivity contribution in [1.82, 2.24) is 24.4 Å². The largest absolute Gasteiger partial charge is 0.395 e. The molecule has 0 amide bonds. The molecule has 0 fully saturated rings. The highest BCUT2D eigenvalue weighted by atomic mass is 19.1. The zero-order chi connectivity index (χ0) is 24.2. The molecule has 2 N–H and O–H groups in total. The van der Waals surface area contributed by atoms with Crippen LogP contribution >= 0.6 is 0 Å².